The first-order chi connectivity index (χ1) is 11.6. The molecule has 2 aromatic heterocycles. The van der Waals surface area contributed by atoms with E-state index in [1.165, 1.54) is 0 Å². The molecule has 7 heteroatoms. The third-order valence-electron chi connectivity index (χ3n) is 3.41. The molecule has 2 N–H and O–H groups in total. The highest BCUT2D eigenvalue weighted by molar-refractivity contribution is 6.33. The zero-order chi connectivity index (χ0) is 16.9. The number of halogens is 1. The van der Waals surface area contributed by atoms with Crippen molar-refractivity contribution in [2.75, 3.05) is 5.32 Å². The van der Waals surface area contributed by atoms with Gasteiger partial charge in [-0.25, -0.2) is 4.79 Å². The summed E-state index contributed by atoms with van der Waals surface area (Å²) >= 11 is 6.02. The Morgan fingerprint density at radius 1 is 1.21 bits per heavy atom. The van der Waals surface area contributed by atoms with E-state index in [9.17, 15) is 4.79 Å². The Bertz CT molecular complexity index is 861. The van der Waals surface area contributed by atoms with Crippen molar-refractivity contribution in [1.29, 1.82) is 0 Å². The van der Waals surface area contributed by atoms with Crippen LogP contribution >= 0.6 is 11.6 Å². The molecule has 0 saturated carbocycles. The zero-order valence-corrected chi connectivity index (χ0v) is 13.8. The van der Waals surface area contributed by atoms with Gasteiger partial charge in [0, 0.05) is 43.3 Å². The van der Waals surface area contributed by atoms with E-state index in [4.69, 9.17) is 11.6 Å². The smallest absolute Gasteiger partial charge is 0.319 e. The van der Waals surface area contributed by atoms with Crippen LogP contribution in [0.1, 0.15) is 5.56 Å². The maximum absolute atomic E-state index is 12.0. The average molecular weight is 342 g/mol. The lowest BCUT2D eigenvalue weighted by Gasteiger charge is -2.09. The third kappa shape index (κ3) is 3.91. The van der Waals surface area contributed by atoms with Gasteiger partial charge in [-0.3, -0.25) is 9.67 Å². The van der Waals surface area contributed by atoms with Crippen LogP contribution in [0.15, 0.2) is 55.1 Å². The standard InChI is InChI=1S/C17H16ClN5O/c1-23-11-14(10-21-23)13-6-12(7-19-9-13)8-20-17(24)22-16-5-3-2-4-15(16)18/h2-7,9-11H,8H2,1H3,(H2,20,22,24). The first-order valence-corrected chi connectivity index (χ1v) is 7.72. The molecule has 2 amide bonds. The number of hydrogen-bond acceptors (Lipinski definition) is 3. The van der Waals surface area contributed by atoms with Crippen LogP contribution in [-0.2, 0) is 13.6 Å². The predicted molar refractivity (Wildman–Crippen MR) is 93.7 cm³/mol. The number of carbonyl (C=O) groups is 1. The van der Waals surface area contributed by atoms with Gasteiger partial charge in [0.05, 0.1) is 16.9 Å². The largest absolute Gasteiger partial charge is 0.334 e. The van der Waals surface area contributed by atoms with Crippen LogP contribution in [0, 0.1) is 0 Å². The van der Waals surface area contributed by atoms with Gasteiger partial charge in [-0.1, -0.05) is 23.7 Å². The summed E-state index contributed by atoms with van der Waals surface area (Å²) in [5.41, 5.74) is 3.39. The molecule has 0 bridgehead atoms. The molecule has 0 aliphatic carbocycles. The highest BCUT2D eigenvalue weighted by atomic mass is 35.5. The summed E-state index contributed by atoms with van der Waals surface area (Å²) < 4.78 is 1.73. The van der Waals surface area contributed by atoms with Crippen molar-refractivity contribution in [2.24, 2.45) is 7.05 Å². The van der Waals surface area contributed by atoms with Gasteiger partial charge in [-0.05, 0) is 23.8 Å². The van der Waals surface area contributed by atoms with Crippen molar-refractivity contribution >= 4 is 23.3 Å². The number of para-hydroxylation sites is 1. The lowest BCUT2D eigenvalue weighted by atomic mass is 10.1. The molecule has 24 heavy (non-hydrogen) atoms. The molecule has 0 radical (unpaired) electrons. The minimum Gasteiger partial charge on any atom is -0.334 e. The Hall–Kier alpha value is -2.86. The number of aromatic nitrogens is 3. The normalized spacial score (nSPS) is 10.4. The Kier molecular flexibility index (Phi) is 4.77. The lowest BCUT2D eigenvalue weighted by molar-refractivity contribution is 0.251. The van der Waals surface area contributed by atoms with Gasteiger partial charge in [0.1, 0.15) is 0 Å². The maximum atomic E-state index is 12.0. The Morgan fingerprint density at radius 3 is 2.79 bits per heavy atom. The number of amides is 2. The van der Waals surface area contributed by atoms with E-state index in [1.807, 2.05) is 25.4 Å². The Morgan fingerprint density at radius 2 is 2.04 bits per heavy atom. The molecule has 0 unspecified atom stereocenters. The topological polar surface area (TPSA) is 71.8 Å². The highest BCUT2D eigenvalue weighted by Gasteiger charge is 2.06. The van der Waals surface area contributed by atoms with Crippen molar-refractivity contribution < 1.29 is 4.79 Å². The molecule has 0 atom stereocenters. The fraction of sp³-hybridized carbons (Fsp3) is 0.118. The number of urea groups is 1. The number of hydrogen-bond donors (Lipinski definition) is 2. The second kappa shape index (κ2) is 7.14. The molecule has 0 aliphatic rings. The fourth-order valence-electron chi connectivity index (χ4n) is 2.22. The van der Waals surface area contributed by atoms with Gasteiger partial charge in [-0.15, -0.1) is 0 Å². The Balaban J connectivity index is 1.62. The van der Waals surface area contributed by atoms with Crippen LogP contribution in [0.4, 0.5) is 10.5 Å². The summed E-state index contributed by atoms with van der Waals surface area (Å²) in [6.45, 7) is 0.359. The molecule has 0 fully saturated rings. The van der Waals surface area contributed by atoms with E-state index in [1.54, 1.807) is 41.5 Å². The molecule has 122 valence electrons. The van der Waals surface area contributed by atoms with Crippen LogP contribution in [0.2, 0.25) is 5.02 Å². The third-order valence-corrected chi connectivity index (χ3v) is 3.74. The van der Waals surface area contributed by atoms with Crippen LogP contribution < -0.4 is 10.6 Å². The van der Waals surface area contributed by atoms with Gasteiger partial charge >= 0.3 is 6.03 Å². The molecule has 3 aromatic rings. The number of nitrogens with zero attached hydrogens (tertiary/aromatic N) is 3. The minimum absolute atomic E-state index is 0.324. The van der Waals surface area contributed by atoms with Crippen molar-refractivity contribution in [3.05, 3.63) is 65.7 Å². The second-order valence-electron chi connectivity index (χ2n) is 5.27. The molecule has 0 saturated heterocycles. The van der Waals surface area contributed by atoms with Gasteiger partial charge in [0.15, 0.2) is 0 Å². The van der Waals surface area contributed by atoms with E-state index >= 15 is 0 Å². The maximum Gasteiger partial charge on any atom is 0.319 e. The molecule has 6 nitrogen and oxygen atoms in total. The summed E-state index contributed by atoms with van der Waals surface area (Å²) in [6, 6.07) is 8.73. The van der Waals surface area contributed by atoms with Crippen LogP contribution in [-0.4, -0.2) is 20.8 Å². The predicted octanol–water partition coefficient (Wildman–Crippen LogP) is 3.46. The summed E-state index contributed by atoms with van der Waals surface area (Å²) in [6.07, 6.45) is 7.18. The van der Waals surface area contributed by atoms with Gasteiger partial charge in [-0.2, -0.15) is 5.10 Å². The van der Waals surface area contributed by atoms with E-state index in [0.717, 1.165) is 16.7 Å². The number of benzene rings is 1. The fourth-order valence-corrected chi connectivity index (χ4v) is 2.41. The first-order valence-electron chi connectivity index (χ1n) is 7.34. The molecule has 3 rings (SSSR count). The molecule has 0 spiro atoms. The second-order valence-corrected chi connectivity index (χ2v) is 5.68. The summed E-state index contributed by atoms with van der Waals surface area (Å²) in [5, 5.41) is 10.1. The molecule has 0 aliphatic heterocycles. The van der Waals surface area contributed by atoms with Gasteiger partial charge in [0.2, 0.25) is 0 Å². The van der Waals surface area contributed by atoms with E-state index in [0.29, 0.717) is 17.3 Å². The highest BCUT2D eigenvalue weighted by Crippen LogP contribution is 2.20. The number of carbonyl (C=O) groups excluding carboxylic acids is 1. The molecular formula is C17H16ClN5O. The van der Waals surface area contributed by atoms with E-state index in [-0.39, 0.29) is 6.03 Å². The number of rotatable bonds is 4. The Labute approximate surface area is 144 Å². The molecule has 1 aromatic carbocycles. The van der Waals surface area contributed by atoms with Crippen LogP contribution in [0.25, 0.3) is 11.1 Å². The average Bonchev–Trinajstić information content (AvgIpc) is 3.02. The van der Waals surface area contributed by atoms with Gasteiger partial charge < -0.3 is 10.6 Å². The minimum atomic E-state index is -0.324. The summed E-state index contributed by atoms with van der Waals surface area (Å²) in [5.74, 6) is 0. The van der Waals surface area contributed by atoms with Crippen molar-refractivity contribution in [1.82, 2.24) is 20.1 Å². The lowest BCUT2D eigenvalue weighted by Crippen LogP contribution is -2.28. The number of nitrogens with one attached hydrogen (secondary N) is 2. The number of anilines is 1. The van der Waals surface area contributed by atoms with Crippen molar-refractivity contribution in [2.45, 2.75) is 6.54 Å². The van der Waals surface area contributed by atoms with Crippen molar-refractivity contribution in [3.63, 3.8) is 0 Å². The zero-order valence-electron chi connectivity index (χ0n) is 13.0. The molecular weight excluding hydrogens is 326 g/mol. The molecule has 2 heterocycles. The van der Waals surface area contributed by atoms with E-state index < -0.39 is 0 Å². The van der Waals surface area contributed by atoms with E-state index in [2.05, 4.69) is 20.7 Å². The first kappa shape index (κ1) is 16.0. The summed E-state index contributed by atoms with van der Waals surface area (Å²) in [7, 11) is 1.86. The number of pyridine rings is 1. The summed E-state index contributed by atoms with van der Waals surface area (Å²) in [4.78, 5) is 16.2. The SMILES string of the molecule is Cn1cc(-c2cncc(CNC(=O)Nc3ccccc3Cl)c2)cn1. The monoisotopic (exact) mass is 341 g/mol. The van der Waals surface area contributed by atoms with Gasteiger partial charge in [0.25, 0.3) is 0 Å². The van der Waals surface area contributed by atoms with Crippen LogP contribution in [0.3, 0.4) is 0 Å². The van der Waals surface area contributed by atoms with Crippen molar-refractivity contribution in [3.8, 4) is 11.1 Å². The quantitative estimate of drug-likeness (QED) is 0.763. The van der Waals surface area contributed by atoms with Crippen LogP contribution in [0.5, 0.6) is 0 Å². The number of aryl methyl sites for hydroxylation is 1.